The first-order valence-corrected chi connectivity index (χ1v) is 15.2. The first kappa shape index (κ1) is 29.9. The third-order valence-electron chi connectivity index (χ3n) is 9.36. The van der Waals surface area contributed by atoms with E-state index in [2.05, 4.69) is 29.8 Å². The lowest BCUT2D eigenvalue weighted by atomic mass is 9.71. The number of likely N-dealkylation sites (tertiary alicyclic amines) is 2. The summed E-state index contributed by atoms with van der Waals surface area (Å²) in [4.78, 5) is 22.3. The summed E-state index contributed by atoms with van der Waals surface area (Å²) in [5.74, 6) is 0.653. The van der Waals surface area contributed by atoms with Crippen molar-refractivity contribution < 1.29 is 22.4 Å². The van der Waals surface area contributed by atoms with Crippen LogP contribution in [0.4, 0.5) is 13.2 Å². The second-order valence-corrected chi connectivity index (χ2v) is 12.5. The van der Waals surface area contributed by atoms with Crippen LogP contribution in [0.2, 0.25) is 0 Å². The molecule has 228 valence electrons. The van der Waals surface area contributed by atoms with E-state index in [9.17, 15) is 23.2 Å². The summed E-state index contributed by atoms with van der Waals surface area (Å²) >= 11 is 0. The molecule has 2 aliphatic heterocycles. The Bertz CT molecular complexity index is 1680. The zero-order valence-electron chi connectivity index (χ0n) is 25.0. The van der Waals surface area contributed by atoms with E-state index in [-0.39, 0.29) is 17.2 Å². The second-order valence-electron chi connectivity index (χ2n) is 12.5. The third-order valence-corrected chi connectivity index (χ3v) is 9.36. The van der Waals surface area contributed by atoms with Crippen LogP contribution in [-0.4, -0.2) is 46.9 Å². The number of fused-ring (bicyclic) bond motifs is 1. The Labute approximate surface area is 255 Å². The molecule has 0 radical (unpaired) electrons. The predicted octanol–water partition coefficient (Wildman–Crippen LogP) is 8.03. The number of halogens is 3. The quantitative estimate of drug-likeness (QED) is 0.232. The van der Waals surface area contributed by atoms with Crippen molar-refractivity contribution in [3.05, 3.63) is 88.5 Å². The van der Waals surface area contributed by atoms with E-state index >= 15 is 0 Å². The summed E-state index contributed by atoms with van der Waals surface area (Å²) in [7, 11) is 0. The molecule has 1 amide bonds. The summed E-state index contributed by atoms with van der Waals surface area (Å²) in [6.45, 7) is 7.99. The van der Waals surface area contributed by atoms with Gasteiger partial charge in [-0.2, -0.15) is 18.4 Å². The molecule has 4 aromatic rings. The molecule has 0 N–H and O–H groups in total. The van der Waals surface area contributed by atoms with E-state index in [1.165, 1.54) is 0 Å². The highest BCUT2D eigenvalue weighted by Crippen LogP contribution is 2.42. The van der Waals surface area contributed by atoms with Gasteiger partial charge < -0.3 is 9.32 Å². The number of hydrogen-bond donors (Lipinski definition) is 0. The topological polar surface area (TPSA) is 73.4 Å². The molecule has 3 heterocycles. The third kappa shape index (κ3) is 6.09. The van der Waals surface area contributed by atoms with Crippen molar-refractivity contribution in [2.24, 2.45) is 5.41 Å². The number of alkyl halides is 3. The number of nitrogens with zero attached hydrogens (tertiary/aromatic N) is 4. The number of piperidine rings is 2. The molecule has 44 heavy (non-hydrogen) atoms. The zero-order valence-corrected chi connectivity index (χ0v) is 25.0. The molecule has 1 aromatic heterocycles. The summed E-state index contributed by atoms with van der Waals surface area (Å²) in [6.07, 6.45) is -0.342. The van der Waals surface area contributed by atoms with E-state index in [1.807, 2.05) is 35.2 Å². The van der Waals surface area contributed by atoms with Gasteiger partial charge in [-0.3, -0.25) is 9.69 Å². The van der Waals surface area contributed by atoms with Gasteiger partial charge >= 0.3 is 6.18 Å². The van der Waals surface area contributed by atoms with Crippen LogP contribution in [0.5, 0.6) is 0 Å². The van der Waals surface area contributed by atoms with Crippen molar-refractivity contribution in [1.82, 2.24) is 14.8 Å². The highest BCUT2D eigenvalue weighted by atomic mass is 19.4. The van der Waals surface area contributed by atoms with Crippen LogP contribution in [0.1, 0.15) is 78.1 Å². The Kier molecular flexibility index (Phi) is 7.97. The standard InChI is InChI=1S/C35H35F3N4O2/c1-23(2)29-19-25(21-39)20-30-31(29)44-32(40-30)26-5-7-27(8-6-26)33(43)42-17-13-34(14-18-42)11-15-41(16-12-34)22-24-3-9-28(10-4-24)35(36,37)38/h3-10,19-20,23H,11-18,22H2,1-2H3. The van der Waals surface area contributed by atoms with Gasteiger partial charge in [-0.25, -0.2) is 4.98 Å². The molecule has 0 saturated carbocycles. The maximum Gasteiger partial charge on any atom is 0.416 e. The van der Waals surface area contributed by atoms with Crippen molar-refractivity contribution in [2.45, 2.75) is 58.2 Å². The molecule has 1 spiro atoms. The van der Waals surface area contributed by atoms with Gasteiger partial charge in [-0.15, -0.1) is 0 Å². The van der Waals surface area contributed by atoms with E-state index < -0.39 is 11.7 Å². The summed E-state index contributed by atoms with van der Waals surface area (Å²) in [6, 6.07) is 18.6. The number of aromatic nitrogens is 1. The highest BCUT2D eigenvalue weighted by Gasteiger charge is 2.38. The minimum absolute atomic E-state index is 0.0180. The van der Waals surface area contributed by atoms with Gasteiger partial charge in [-0.1, -0.05) is 26.0 Å². The fourth-order valence-electron chi connectivity index (χ4n) is 6.54. The SMILES string of the molecule is CC(C)c1cc(C#N)cc2nc(-c3ccc(C(=O)N4CCC5(CCN(Cc6ccc(C(F)(F)F)cc6)CC5)CC4)cc3)oc12. The first-order chi connectivity index (χ1) is 21.0. The first-order valence-electron chi connectivity index (χ1n) is 15.2. The van der Waals surface area contributed by atoms with Gasteiger partial charge in [0.05, 0.1) is 17.2 Å². The molecule has 2 saturated heterocycles. The Balaban J connectivity index is 1.04. The lowest BCUT2D eigenvalue weighted by molar-refractivity contribution is -0.137. The number of carbonyl (C=O) groups excluding carboxylic acids is 1. The molecular weight excluding hydrogens is 565 g/mol. The number of hydrogen-bond acceptors (Lipinski definition) is 5. The molecule has 0 atom stereocenters. The van der Waals surface area contributed by atoms with Crippen LogP contribution >= 0.6 is 0 Å². The number of benzene rings is 3. The molecule has 2 fully saturated rings. The maximum atomic E-state index is 13.4. The molecule has 3 aromatic carbocycles. The van der Waals surface area contributed by atoms with Crippen LogP contribution in [0.3, 0.4) is 0 Å². The van der Waals surface area contributed by atoms with Gasteiger partial charge in [-0.05, 0) is 104 Å². The smallest absolute Gasteiger partial charge is 0.416 e. The highest BCUT2D eigenvalue weighted by molar-refractivity contribution is 5.94. The molecule has 0 unspecified atom stereocenters. The van der Waals surface area contributed by atoms with E-state index in [0.29, 0.717) is 47.8 Å². The van der Waals surface area contributed by atoms with Crippen LogP contribution in [0.15, 0.2) is 65.1 Å². The largest absolute Gasteiger partial charge is 0.436 e. The summed E-state index contributed by atoms with van der Waals surface area (Å²) < 4.78 is 44.7. The molecule has 2 aliphatic rings. The van der Waals surface area contributed by atoms with Crippen LogP contribution in [0.25, 0.3) is 22.6 Å². The fraction of sp³-hybridized carbons (Fsp3) is 0.400. The average molecular weight is 601 g/mol. The van der Waals surface area contributed by atoms with E-state index in [0.717, 1.165) is 67.6 Å². The second kappa shape index (κ2) is 11.7. The van der Waals surface area contributed by atoms with E-state index in [1.54, 1.807) is 18.2 Å². The van der Waals surface area contributed by atoms with Gasteiger partial charge in [0.25, 0.3) is 5.91 Å². The average Bonchev–Trinajstić information content (AvgIpc) is 3.46. The minimum Gasteiger partial charge on any atom is -0.436 e. The molecule has 6 nitrogen and oxygen atoms in total. The molecule has 0 bridgehead atoms. The van der Waals surface area contributed by atoms with Gasteiger partial charge in [0.15, 0.2) is 5.58 Å². The lowest BCUT2D eigenvalue weighted by Gasteiger charge is -2.47. The number of oxazole rings is 1. The number of nitriles is 1. The minimum atomic E-state index is -4.31. The predicted molar refractivity (Wildman–Crippen MR) is 162 cm³/mol. The van der Waals surface area contributed by atoms with Crippen molar-refractivity contribution in [3.8, 4) is 17.5 Å². The van der Waals surface area contributed by atoms with Crippen molar-refractivity contribution in [2.75, 3.05) is 26.2 Å². The van der Waals surface area contributed by atoms with Gasteiger partial charge in [0.2, 0.25) is 5.89 Å². The molecular formula is C35H35F3N4O2. The summed E-state index contributed by atoms with van der Waals surface area (Å²) in [5, 5.41) is 9.40. The maximum absolute atomic E-state index is 13.4. The number of carbonyl (C=O) groups is 1. The molecule has 6 rings (SSSR count). The van der Waals surface area contributed by atoms with E-state index in [4.69, 9.17) is 4.42 Å². The Morgan fingerprint density at radius 3 is 2.20 bits per heavy atom. The molecule has 9 heteroatoms. The van der Waals surface area contributed by atoms with Gasteiger partial charge in [0.1, 0.15) is 5.52 Å². The van der Waals surface area contributed by atoms with Crippen LogP contribution in [0, 0.1) is 16.7 Å². The Morgan fingerprint density at radius 1 is 0.977 bits per heavy atom. The monoisotopic (exact) mass is 600 g/mol. The van der Waals surface area contributed by atoms with Gasteiger partial charge in [0, 0.05) is 36.3 Å². The van der Waals surface area contributed by atoms with Crippen molar-refractivity contribution >= 4 is 17.0 Å². The van der Waals surface area contributed by atoms with Crippen molar-refractivity contribution in [1.29, 1.82) is 5.26 Å². The van der Waals surface area contributed by atoms with Crippen molar-refractivity contribution in [3.63, 3.8) is 0 Å². The number of amides is 1. The fourth-order valence-corrected chi connectivity index (χ4v) is 6.54. The van der Waals surface area contributed by atoms with Crippen LogP contribution < -0.4 is 0 Å². The zero-order chi connectivity index (χ0) is 31.1. The van der Waals surface area contributed by atoms with Crippen LogP contribution in [-0.2, 0) is 12.7 Å². The molecule has 0 aliphatic carbocycles. The Morgan fingerprint density at radius 2 is 1.61 bits per heavy atom. The summed E-state index contributed by atoms with van der Waals surface area (Å²) in [5.41, 5.74) is 4.71. The number of rotatable bonds is 5. The Hall–Kier alpha value is -4.16. The normalized spacial score (nSPS) is 17.3. The lowest BCUT2D eigenvalue weighted by Crippen LogP contribution is -2.48.